The zero-order valence-electron chi connectivity index (χ0n) is 37.5. The van der Waals surface area contributed by atoms with Crippen molar-refractivity contribution < 1.29 is 47.9 Å². The van der Waals surface area contributed by atoms with Gasteiger partial charge < -0.3 is 58.5 Å². The fourth-order valence-electron chi connectivity index (χ4n) is 7.80. The molecule has 0 aromatic carbocycles. The topological polar surface area (TPSA) is 326 Å². The molecule has 0 aromatic rings. The lowest BCUT2D eigenvalue weighted by Crippen LogP contribution is -2.59. The molecule has 22 nitrogen and oxygen atoms in total. The van der Waals surface area contributed by atoms with Crippen molar-refractivity contribution in [1.82, 2.24) is 47.0 Å². The van der Waals surface area contributed by atoms with Crippen LogP contribution in [0.5, 0.6) is 0 Å². The molecule has 0 saturated carbocycles. The molecule has 9 amide bonds. The number of ketones is 1. The van der Waals surface area contributed by atoms with Crippen LogP contribution < -0.4 is 48.7 Å². The highest BCUT2D eigenvalue weighted by Crippen LogP contribution is 2.27. The van der Waals surface area contributed by atoms with Crippen LogP contribution in [0.25, 0.3) is 0 Å². The summed E-state index contributed by atoms with van der Waals surface area (Å²) in [7, 11) is 0. The highest BCUT2D eigenvalue weighted by Gasteiger charge is 2.44. The lowest BCUT2D eigenvalue weighted by Gasteiger charge is -2.34. The third kappa shape index (κ3) is 15.8. The molecule has 0 bridgehead atoms. The van der Waals surface area contributed by atoms with Gasteiger partial charge in [-0.25, -0.2) is 0 Å². The molecule has 3 aliphatic rings. The summed E-state index contributed by atoms with van der Waals surface area (Å²) in [5, 5.41) is 18.0. The number of hydrogen-bond acceptors (Lipinski definition) is 11. The van der Waals surface area contributed by atoms with Gasteiger partial charge >= 0.3 is 0 Å². The molecule has 0 aliphatic carbocycles. The van der Waals surface area contributed by atoms with Crippen molar-refractivity contribution in [3.8, 4) is 0 Å². The van der Waals surface area contributed by atoms with Gasteiger partial charge in [0.2, 0.25) is 53.2 Å². The Morgan fingerprint density at radius 1 is 0.635 bits per heavy atom. The fourth-order valence-corrected chi connectivity index (χ4v) is 7.80. The van der Waals surface area contributed by atoms with E-state index in [2.05, 4.69) is 42.2 Å². The van der Waals surface area contributed by atoms with Crippen molar-refractivity contribution in [2.24, 2.45) is 28.3 Å². The summed E-state index contributed by atoms with van der Waals surface area (Å²) < 4.78 is 0. The third-order valence-corrected chi connectivity index (χ3v) is 11.0. The Balaban J connectivity index is 2.01. The van der Waals surface area contributed by atoms with Crippen LogP contribution in [0, 0.1) is 11.8 Å². The lowest BCUT2D eigenvalue weighted by atomic mass is 10.0. The average molecular weight is 889 g/mol. The quantitative estimate of drug-likeness (QED) is 0.0610. The van der Waals surface area contributed by atoms with Crippen LogP contribution in [-0.2, 0) is 47.9 Å². The van der Waals surface area contributed by atoms with Crippen LogP contribution >= 0.6 is 0 Å². The van der Waals surface area contributed by atoms with Gasteiger partial charge in [0.15, 0.2) is 5.96 Å². The van der Waals surface area contributed by atoms with Gasteiger partial charge in [-0.05, 0) is 84.0 Å². The van der Waals surface area contributed by atoms with Gasteiger partial charge in [-0.15, -0.1) is 0 Å². The number of carbonyl (C=O) groups excluding carboxylic acids is 10. The zero-order valence-corrected chi connectivity index (χ0v) is 37.5. The second-order valence-corrected chi connectivity index (χ2v) is 17.5. The van der Waals surface area contributed by atoms with Crippen LogP contribution in [0.1, 0.15) is 106 Å². The van der Waals surface area contributed by atoms with Crippen molar-refractivity contribution in [2.45, 2.75) is 155 Å². The predicted molar refractivity (Wildman–Crippen MR) is 230 cm³/mol. The van der Waals surface area contributed by atoms with Crippen LogP contribution in [0.15, 0.2) is 4.99 Å². The molecule has 63 heavy (non-hydrogen) atoms. The van der Waals surface area contributed by atoms with E-state index >= 15 is 0 Å². The summed E-state index contributed by atoms with van der Waals surface area (Å²) >= 11 is 0. The van der Waals surface area contributed by atoms with E-state index in [0.717, 1.165) is 0 Å². The van der Waals surface area contributed by atoms with Crippen molar-refractivity contribution in [2.75, 3.05) is 26.2 Å². The molecular formula is C41H68N12O10. The van der Waals surface area contributed by atoms with Gasteiger partial charge in [-0.1, -0.05) is 27.7 Å². The number of carbonyl (C=O) groups is 10. The molecule has 0 radical (unpaired) electrons. The Labute approximate surface area is 368 Å². The predicted octanol–water partition coefficient (Wildman–Crippen LogP) is -2.83. The summed E-state index contributed by atoms with van der Waals surface area (Å²) in [6.07, 6.45) is 1.70. The maximum Gasteiger partial charge on any atom is 0.246 e. The Morgan fingerprint density at radius 2 is 1.14 bits per heavy atom. The van der Waals surface area contributed by atoms with Gasteiger partial charge in [0.05, 0.1) is 6.54 Å². The standard InChI is InChI=1S/C41H68N12O10/c1-21(2)17-27-36(59)47-24(6)33(56)46-25(7)34(57)49-26(11-8-14-44-41(42)43)35(58)45-20-32(55)48-28(19-23(5)54)37(60)51-29(18-22(3)4)39(62)53-16-10-13-31(53)40(63)52-15-9-12-30(52)38(61)50-27/h21-22,24-31H,8-20H2,1-7H3,(H,45,58)(H,46,56)(H,47,59)(H,48,55)(H,49,57)(H,50,61)(H,51,60)(H4,42,43,44)/t24-,25-,26-,27-,28-,29-,30-,31+/m0/s1. The Kier molecular flexibility index (Phi) is 19.7. The summed E-state index contributed by atoms with van der Waals surface area (Å²) in [6, 6.07) is -9.23. The summed E-state index contributed by atoms with van der Waals surface area (Å²) in [5.74, 6) is -7.09. The normalized spacial score (nSPS) is 27.9. The number of Topliss-reactive ketones (excluding diaryl/α,β-unsaturated/α-hetero) is 1. The summed E-state index contributed by atoms with van der Waals surface area (Å²) in [5.41, 5.74) is 10.8. The monoisotopic (exact) mass is 889 g/mol. The van der Waals surface area contributed by atoms with Gasteiger partial charge in [0.1, 0.15) is 54.1 Å². The summed E-state index contributed by atoms with van der Waals surface area (Å²) in [6.45, 7) is 11.2. The van der Waals surface area contributed by atoms with E-state index < -0.39 is 120 Å². The number of nitrogens with two attached hydrogens (primary N) is 2. The Hall–Kier alpha value is -5.83. The fraction of sp³-hybridized carbons (Fsp3) is 0.732. The van der Waals surface area contributed by atoms with E-state index in [0.29, 0.717) is 25.7 Å². The highest BCUT2D eigenvalue weighted by molar-refractivity contribution is 5.99. The van der Waals surface area contributed by atoms with Crippen molar-refractivity contribution in [3.63, 3.8) is 0 Å². The molecule has 3 rings (SSSR count). The number of rotatable bonds is 10. The molecule has 0 spiro atoms. The maximum atomic E-state index is 14.3. The number of aliphatic imine (C=N–C) groups is 1. The zero-order chi connectivity index (χ0) is 47.1. The highest BCUT2D eigenvalue weighted by atomic mass is 16.2. The first kappa shape index (κ1) is 51.5. The van der Waals surface area contributed by atoms with Crippen LogP contribution in [0.4, 0.5) is 0 Å². The molecule has 0 aromatic heterocycles. The second-order valence-electron chi connectivity index (χ2n) is 17.5. The molecule has 3 saturated heterocycles. The van der Waals surface area contributed by atoms with E-state index in [1.807, 2.05) is 27.7 Å². The van der Waals surface area contributed by atoms with Gasteiger partial charge in [-0.3, -0.25) is 52.9 Å². The first-order valence-corrected chi connectivity index (χ1v) is 21.8. The number of guanidine groups is 1. The Morgan fingerprint density at radius 3 is 1.73 bits per heavy atom. The molecule has 11 N–H and O–H groups in total. The molecule has 22 heteroatoms. The number of nitrogens with zero attached hydrogens (tertiary/aromatic N) is 3. The second kappa shape index (κ2) is 24.1. The van der Waals surface area contributed by atoms with E-state index in [-0.39, 0.29) is 63.1 Å². The van der Waals surface area contributed by atoms with Crippen molar-refractivity contribution in [1.29, 1.82) is 0 Å². The Bertz CT molecular complexity index is 1750. The first-order valence-electron chi connectivity index (χ1n) is 21.8. The average Bonchev–Trinajstić information content (AvgIpc) is 3.90. The number of fused-ring (bicyclic) bond motifs is 2. The van der Waals surface area contributed by atoms with Gasteiger partial charge in [0, 0.05) is 26.1 Å². The van der Waals surface area contributed by atoms with Crippen molar-refractivity contribution >= 4 is 64.9 Å². The molecular weight excluding hydrogens is 821 g/mol. The lowest BCUT2D eigenvalue weighted by molar-refractivity contribution is -0.148. The van der Waals surface area contributed by atoms with E-state index in [1.54, 1.807) is 0 Å². The van der Waals surface area contributed by atoms with Crippen LogP contribution in [-0.4, -0.2) is 149 Å². The van der Waals surface area contributed by atoms with E-state index in [4.69, 9.17) is 11.5 Å². The maximum absolute atomic E-state index is 14.3. The molecule has 0 unspecified atom stereocenters. The minimum Gasteiger partial charge on any atom is -0.370 e. The molecule has 3 heterocycles. The molecule has 3 fully saturated rings. The summed E-state index contributed by atoms with van der Waals surface area (Å²) in [4.78, 5) is 142. The number of hydrogen-bond donors (Lipinski definition) is 9. The minimum absolute atomic E-state index is 0.00517. The van der Waals surface area contributed by atoms with E-state index in [9.17, 15) is 47.9 Å². The first-order chi connectivity index (χ1) is 29.6. The third-order valence-electron chi connectivity index (χ3n) is 11.0. The van der Waals surface area contributed by atoms with E-state index in [1.165, 1.54) is 30.6 Å². The SMILES string of the molecule is CC(=O)C[C@@H]1NC(=O)CNC(=O)[C@H](CCCN=C(N)N)NC(=O)[C@H](C)NC(=O)[C@H](C)NC(=O)[C@H](CC(C)C)NC(=O)[C@@H]2CCCN2C(=O)[C@H]2CCCN2C(=O)[C@H](CC(C)C)NC1=O. The smallest absolute Gasteiger partial charge is 0.246 e. The van der Waals surface area contributed by atoms with Gasteiger partial charge in [-0.2, -0.15) is 0 Å². The van der Waals surface area contributed by atoms with Crippen LogP contribution in [0.3, 0.4) is 0 Å². The minimum atomic E-state index is -1.44. The van der Waals surface area contributed by atoms with Gasteiger partial charge in [0.25, 0.3) is 0 Å². The number of nitrogens with one attached hydrogen (secondary N) is 7. The molecule has 3 aliphatic heterocycles. The van der Waals surface area contributed by atoms with Crippen molar-refractivity contribution in [3.05, 3.63) is 0 Å². The number of amides is 9. The van der Waals surface area contributed by atoms with Crippen LogP contribution in [0.2, 0.25) is 0 Å². The molecule has 352 valence electrons. The largest absolute Gasteiger partial charge is 0.370 e. The molecule has 8 atom stereocenters.